The highest BCUT2D eigenvalue weighted by molar-refractivity contribution is 5.94. The van der Waals surface area contributed by atoms with Gasteiger partial charge in [-0.1, -0.05) is 0 Å². The normalized spacial score (nSPS) is 24.2. The third-order valence-electron chi connectivity index (χ3n) is 3.63. The first-order chi connectivity index (χ1) is 8.99. The maximum Gasteiger partial charge on any atom is 0.254 e. The molecular formula is C13H17F2N3O. The van der Waals surface area contributed by atoms with Crippen LogP contribution in [0.15, 0.2) is 12.3 Å². The average Bonchev–Trinajstić information content (AvgIpc) is 2.37. The molecule has 0 aliphatic carbocycles. The first-order valence-electron chi connectivity index (χ1n) is 6.30. The summed E-state index contributed by atoms with van der Waals surface area (Å²) in [5.74, 6) is -3.02. The molecule has 2 heterocycles. The number of piperidine rings is 1. The Hall–Kier alpha value is -1.56. The third kappa shape index (κ3) is 3.07. The number of halogens is 2. The molecule has 0 aromatic carbocycles. The van der Waals surface area contributed by atoms with Crippen molar-refractivity contribution in [3.05, 3.63) is 29.6 Å². The number of likely N-dealkylation sites (tertiary alicyclic amines) is 1. The first kappa shape index (κ1) is 13.9. The molecule has 4 nitrogen and oxygen atoms in total. The van der Waals surface area contributed by atoms with E-state index in [0.717, 1.165) is 25.6 Å². The predicted molar refractivity (Wildman–Crippen MR) is 66.7 cm³/mol. The highest BCUT2D eigenvalue weighted by Crippen LogP contribution is 2.16. The van der Waals surface area contributed by atoms with E-state index in [1.165, 1.54) is 6.07 Å². The van der Waals surface area contributed by atoms with Gasteiger partial charge in [0.15, 0.2) is 5.82 Å². The zero-order chi connectivity index (χ0) is 14.0. The van der Waals surface area contributed by atoms with Gasteiger partial charge in [-0.25, -0.2) is 9.37 Å². The number of carbonyl (C=O) groups is 1. The second kappa shape index (κ2) is 5.61. The van der Waals surface area contributed by atoms with Crippen molar-refractivity contribution in [2.75, 3.05) is 13.6 Å². The van der Waals surface area contributed by atoms with E-state index in [2.05, 4.69) is 22.1 Å². The number of nitrogens with zero attached hydrogens (tertiary/aromatic N) is 2. The number of pyridine rings is 1. The fourth-order valence-electron chi connectivity index (χ4n) is 2.28. The zero-order valence-corrected chi connectivity index (χ0v) is 11.0. The van der Waals surface area contributed by atoms with Crippen LogP contribution in [0.4, 0.5) is 8.78 Å². The number of nitrogens with one attached hydrogen (secondary N) is 1. The standard InChI is InChI=1S/C13H17F2N3O/c1-8-7-9(4-6-18(8)2)17-13(19)10-3-5-16-12(15)11(10)14/h3,5,8-9H,4,6-7H2,1-2H3,(H,17,19). The molecule has 0 radical (unpaired) electrons. The Morgan fingerprint density at radius 1 is 1.53 bits per heavy atom. The van der Waals surface area contributed by atoms with Gasteiger partial charge in [0, 0.05) is 24.8 Å². The molecular weight excluding hydrogens is 252 g/mol. The number of aromatic nitrogens is 1. The molecule has 2 rings (SSSR count). The van der Waals surface area contributed by atoms with Crippen LogP contribution >= 0.6 is 0 Å². The summed E-state index contributed by atoms with van der Waals surface area (Å²) in [6, 6.07) is 1.54. The van der Waals surface area contributed by atoms with Crippen molar-refractivity contribution in [3.63, 3.8) is 0 Å². The van der Waals surface area contributed by atoms with Gasteiger partial charge < -0.3 is 10.2 Å². The molecule has 1 amide bonds. The van der Waals surface area contributed by atoms with Crippen molar-refractivity contribution in [2.24, 2.45) is 0 Å². The van der Waals surface area contributed by atoms with Crippen LogP contribution in [0.3, 0.4) is 0 Å². The monoisotopic (exact) mass is 269 g/mol. The van der Waals surface area contributed by atoms with Crippen LogP contribution in [0, 0.1) is 11.8 Å². The third-order valence-corrected chi connectivity index (χ3v) is 3.63. The minimum Gasteiger partial charge on any atom is -0.349 e. The Bertz CT molecular complexity index is 481. The average molecular weight is 269 g/mol. The van der Waals surface area contributed by atoms with E-state index >= 15 is 0 Å². The molecule has 2 unspecified atom stereocenters. The molecule has 1 aromatic rings. The highest BCUT2D eigenvalue weighted by Gasteiger charge is 2.25. The van der Waals surface area contributed by atoms with Gasteiger partial charge in [0.25, 0.3) is 5.91 Å². The lowest BCUT2D eigenvalue weighted by Gasteiger charge is -2.35. The van der Waals surface area contributed by atoms with E-state index in [0.29, 0.717) is 6.04 Å². The molecule has 1 aromatic heterocycles. The summed E-state index contributed by atoms with van der Waals surface area (Å²) in [6.07, 6.45) is 2.70. The summed E-state index contributed by atoms with van der Waals surface area (Å²) in [5.41, 5.74) is -0.293. The fourth-order valence-corrected chi connectivity index (χ4v) is 2.28. The molecule has 2 atom stereocenters. The second-order valence-corrected chi connectivity index (χ2v) is 4.99. The van der Waals surface area contributed by atoms with Crippen molar-refractivity contribution < 1.29 is 13.6 Å². The van der Waals surface area contributed by atoms with Gasteiger partial charge in [-0.2, -0.15) is 4.39 Å². The smallest absolute Gasteiger partial charge is 0.254 e. The van der Waals surface area contributed by atoms with Crippen LogP contribution in [0.25, 0.3) is 0 Å². The molecule has 1 N–H and O–H groups in total. The largest absolute Gasteiger partial charge is 0.349 e. The summed E-state index contributed by atoms with van der Waals surface area (Å²) < 4.78 is 26.4. The van der Waals surface area contributed by atoms with Gasteiger partial charge in [0.1, 0.15) is 0 Å². The van der Waals surface area contributed by atoms with Gasteiger partial charge in [0.05, 0.1) is 5.56 Å². The topological polar surface area (TPSA) is 45.2 Å². The van der Waals surface area contributed by atoms with Crippen LogP contribution in [-0.2, 0) is 0 Å². The van der Waals surface area contributed by atoms with E-state index in [9.17, 15) is 13.6 Å². The lowest BCUT2D eigenvalue weighted by Crippen LogP contribution is -2.47. The molecule has 0 saturated carbocycles. The zero-order valence-electron chi connectivity index (χ0n) is 11.0. The van der Waals surface area contributed by atoms with E-state index in [1.807, 2.05) is 7.05 Å². The van der Waals surface area contributed by atoms with Crippen LogP contribution in [0.1, 0.15) is 30.1 Å². The Balaban J connectivity index is 2.03. The van der Waals surface area contributed by atoms with Crippen LogP contribution in [0.5, 0.6) is 0 Å². The quantitative estimate of drug-likeness (QED) is 0.829. The fraction of sp³-hybridized carbons (Fsp3) is 0.538. The summed E-state index contributed by atoms with van der Waals surface area (Å²) in [4.78, 5) is 17.3. The van der Waals surface area contributed by atoms with Crippen molar-refractivity contribution >= 4 is 5.91 Å². The van der Waals surface area contributed by atoms with Gasteiger partial charge in [0.2, 0.25) is 5.95 Å². The summed E-state index contributed by atoms with van der Waals surface area (Å²) >= 11 is 0. The van der Waals surface area contributed by atoms with E-state index in [-0.39, 0.29) is 11.6 Å². The van der Waals surface area contributed by atoms with Crippen molar-refractivity contribution in [3.8, 4) is 0 Å². The number of hydrogen-bond acceptors (Lipinski definition) is 3. The SMILES string of the molecule is CC1CC(NC(=O)c2ccnc(F)c2F)CCN1C. The van der Waals surface area contributed by atoms with E-state index in [4.69, 9.17) is 0 Å². The van der Waals surface area contributed by atoms with E-state index in [1.54, 1.807) is 0 Å². The summed E-state index contributed by atoms with van der Waals surface area (Å²) in [6.45, 7) is 2.95. The lowest BCUT2D eigenvalue weighted by molar-refractivity contribution is 0.0891. The number of hydrogen-bond donors (Lipinski definition) is 1. The maximum absolute atomic E-state index is 13.4. The molecule has 19 heavy (non-hydrogen) atoms. The second-order valence-electron chi connectivity index (χ2n) is 4.99. The van der Waals surface area contributed by atoms with Gasteiger partial charge >= 0.3 is 0 Å². The van der Waals surface area contributed by atoms with Gasteiger partial charge in [-0.15, -0.1) is 0 Å². The predicted octanol–water partition coefficient (Wildman–Crippen LogP) is 1.57. The molecule has 6 heteroatoms. The molecule has 1 aliphatic rings. The Morgan fingerprint density at radius 2 is 2.26 bits per heavy atom. The Kier molecular flexibility index (Phi) is 4.09. The van der Waals surface area contributed by atoms with Crippen LogP contribution in [-0.4, -0.2) is 41.5 Å². The molecule has 0 spiro atoms. The number of carbonyl (C=O) groups excluding carboxylic acids is 1. The molecule has 1 aliphatic heterocycles. The minimum atomic E-state index is -1.25. The molecule has 1 saturated heterocycles. The summed E-state index contributed by atoms with van der Waals surface area (Å²) in [5, 5.41) is 2.75. The Morgan fingerprint density at radius 3 is 2.95 bits per heavy atom. The van der Waals surface area contributed by atoms with Crippen LogP contribution in [0.2, 0.25) is 0 Å². The Labute approximate surface area is 110 Å². The van der Waals surface area contributed by atoms with Gasteiger partial charge in [-0.3, -0.25) is 4.79 Å². The molecule has 104 valence electrons. The maximum atomic E-state index is 13.4. The van der Waals surface area contributed by atoms with Gasteiger partial charge in [-0.05, 0) is 32.9 Å². The highest BCUT2D eigenvalue weighted by atomic mass is 19.2. The summed E-state index contributed by atoms with van der Waals surface area (Å²) in [7, 11) is 2.03. The first-order valence-corrected chi connectivity index (χ1v) is 6.30. The van der Waals surface area contributed by atoms with Crippen molar-refractivity contribution in [2.45, 2.75) is 31.8 Å². The number of amides is 1. The van der Waals surface area contributed by atoms with Crippen LogP contribution < -0.4 is 5.32 Å². The number of rotatable bonds is 2. The lowest BCUT2D eigenvalue weighted by atomic mass is 9.98. The molecule has 1 fully saturated rings. The van der Waals surface area contributed by atoms with Crippen molar-refractivity contribution in [1.29, 1.82) is 0 Å². The minimum absolute atomic E-state index is 0.00525. The van der Waals surface area contributed by atoms with E-state index < -0.39 is 17.7 Å². The molecule has 0 bridgehead atoms. The van der Waals surface area contributed by atoms with Crippen molar-refractivity contribution in [1.82, 2.24) is 15.2 Å².